The number of phenolic OH excluding ortho intramolecular Hbond substituents is 1. The minimum absolute atomic E-state index is 0.256. The first-order valence-electron chi connectivity index (χ1n) is 5.95. The molecular formula is C13H18N2O2. The molecule has 3 N–H and O–H groups in total. The molecule has 1 aliphatic heterocycles. The van der Waals surface area contributed by atoms with Gasteiger partial charge in [0.15, 0.2) is 0 Å². The van der Waals surface area contributed by atoms with E-state index >= 15 is 0 Å². The molecule has 17 heavy (non-hydrogen) atoms. The zero-order valence-electron chi connectivity index (χ0n) is 9.80. The van der Waals surface area contributed by atoms with Gasteiger partial charge in [0.25, 0.3) is 0 Å². The maximum absolute atomic E-state index is 10.8. The number of carbonyl (C=O) groups excluding carboxylic acids is 1. The van der Waals surface area contributed by atoms with Gasteiger partial charge in [-0.2, -0.15) is 0 Å². The van der Waals surface area contributed by atoms with E-state index in [4.69, 9.17) is 5.73 Å². The molecule has 0 unspecified atom stereocenters. The summed E-state index contributed by atoms with van der Waals surface area (Å²) in [7, 11) is 0. The quantitative estimate of drug-likeness (QED) is 0.821. The van der Waals surface area contributed by atoms with Gasteiger partial charge in [-0.05, 0) is 49.5 Å². The number of piperidine rings is 1. The molecule has 1 aromatic carbocycles. The molecule has 0 aliphatic carbocycles. The van der Waals surface area contributed by atoms with E-state index in [0.717, 1.165) is 25.9 Å². The van der Waals surface area contributed by atoms with Crippen molar-refractivity contribution in [1.29, 1.82) is 0 Å². The number of nitrogens with zero attached hydrogens (tertiary/aromatic N) is 1. The highest BCUT2D eigenvalue weighted by molar-refractivity contribution is 5.75. The van der Waals surface area contributed by atoms with Crippen LogP contribution in [0.25, 0.3) is 0 Å². The third-order valence-electron chi connectivity index (χ3n) is 3.33. The number of nitrogens with two attached hydrogens (primary N) is 1. The fourth-order valence-corrected chi connectivity index (χ4v) is 2.39. The van der Waals surface area contributed by atoms with Crippen LogP contribution in [0.2, 0.25) is 0 Å². The second-order valence-corrected chi connectivity index (χ2v) is 4.61. The summed E-state index contributed by atoms with van der Waals surface area (Å²) in [6, 6.07) is 7.41. The number of carbonyl (C=O) groups is 1. The number of aromatic hydroxyl groups is 1. The summed E-state index contributed by atoms with van der Waals surface area (Å²) >= 11 is 0. The van der Waals surface area contributed by atoms with Crippen molar-refractivity contribution in [2.75, 3.05) is 19.6 Å². The van der Waals surface area contributed by atoms with Gasteiger partial charge in [0.2, 0.25) is 5.91 Å². The molecule has 92 valence electrons. The van der Waals surface area contributed by atoms with Gasteiger partial charge in [-0.3, -0.25) is 9.69 Å². The van der Waals surface area contributed by atoms with E-state index in [0.29, 0.717) is 18.2 Å². The molecule has 1 fully saturated rings. The Kier molecular flexibility index (Phi) is 3.64. The smallest absolute Gasteiger partial charge is 0.231 e. The molecule has 0 aromatic heterocycles. The molecule has 4 nitrogen and oxygen atoms in total. The molecule has 1 amide bonds. The Bertz CT molecular complexity index is 381. The summed E-state index contributed by atoms with van der Waals surface area (Å²) in [5, 5.41) is 9.24. The molecule has 0 saturated carbocycles. The maximum Gasteiger partial charge on any atom is 0.231 e. The predicted molar refractivity (Wildman–Crippen MR) is 65.7 cm³/mol. The van der Waals surface area contributed by atoms with Crippen LogP contribution in [-0.2, 0) is 4.79 Å². The highest BCUT2D eigenvalue weighted by atomic mass is 16.3. The van der Waals surface area contributed by atoms with Crippen molar-refractivity contribution in [3.8, 4) is 5.75 Å². The number of benzene rings is 1. The van der Waals surface area contributed by atoms with Gasteiger partial charge in [-0.25, -0.2) is 0 Å². The minimum atomic E-state index is -0.256. The number of rotatable bonds is 3. The van der Waals surface area contributed by atoms with Crippen molar-refractivity contribution in [3.05, 3.63) is 29.8 Å². The predicted octanol–water partition coefficient (Wildman–Crippen LogP) is 1.06. The number of hydrogen-bond acceptors (Lipinski definition) is 3. The van der Waals surface area contributed by atoms with Gasteiger partial charge >= 0.3 is 0 Å². The summed E-state index contributed by atoms with van der Waals surface area (Å²) < 4.78 is 0. The molecule has 1 saturated heterocycles. The number of phenols is 1. The van der Waals surface area contributed by atoms with Crippen LogP contribution in [0.4, 0.5) is 0 Å². The standard InChI is InChI=1S/C13H18N2O2/c14-13(17)9-15-7-5-11(6-8-15)10-1-3-12(16)4-2-10/h1-4,11,16H,5-9H2,(H2,14,17). The van der Waals surface area contributed by atoms with Crippen LogP contribution >= 0.6 is 0 Å². The third kappa shape index (κ3) is 3.20. The van der Waals surface area contributed by atoms with Crippen LogP contribution in [0.5, 0.6) is 5.75 Å². The Morgan fingerprint density at radius 3 is 2.41 bits per heavy atom. The zero-order valence-corrected chi connectivity index (χ0v) is 9.80. The van der Waals surface area contributed by atoms with Crippen molar-refractivity contribution in [2.45, 2.75) is 18.8 Å². The molecule has 0 radical (unpaired) electrons. The second kappa shape index (κ2) is 5.19. The molecule has 1 aliphatic rings. The summed E-state index contributed by atoms with van der Waals surface area (Å²) in [5.74, 6) is 0.577. The molecule has 4 heteroatoms. The fraction of sp³-hybridized carbons (Fsp3) is 0.462. The van der Waals surface area contributed by atoms with Gasteiger partial charge in [-0.1, -0.05) is 12.1 Å². The van der Waals surface area contributed by atoms with E-state index in [2.05, 4.69) is 4.90 Å². The summed E-state index contributed by atoms with van der Waals surface area (Å²) in [6.45, 7) is 2.19. The molecule has 0 bridgehead atoms. The monoisotopic (exact) mass is 234 g/mol. The number of primary amides is 1. The Balaban J connectivity index is 1.90. The first-order valence-corrected chi connectivity index (χ1v) is 5.95. The average molecular weight is 234 g/mol. The minimum Gasteiger partial charge on any atom is -0.508 e. The van der Waals surface area contributed by atoms with Crippen molar-refractivity contribution < 1.29 is 9.90 Å². The van der Waals surface area contributed by atoms with E-state index in [-0.39, 0.29) is 5.91 Å². The molecule has 1 heterocycles. The average Bonchev–Trinajstić information content (AvgIpc) is 2.30. The molecular weight excluding hydrogens is 216 g/mol. The highest BCUT2D eigenvalue weighted by Crippen LogP contribution is 2.28. The van der Waals surface area contributed by atoms with E-state index in [1.807, 2.05) is 12.1 Å². The third-order valence-corrected chi connectivity index (χ3v) is 3.33. The van der Waals surface area contributed by atoms with Gasteiger partial charge in [0.05, 0.1) is 6.54 Å². The first kappa shape index (κ1) is 11.9. The molecule has 0 atom stereocenters. The number of likely N-dealkylation sites (tertiary alicyclic amines) is 1. The van der Waals surface area contributed by atoms with E-state index < -0.39 is 0 Å². The van der Waals surface area contributed by atoms with Crippen molar-refractivity contribution in [2.24, 2.45) is 5.73 Å². The molecule has 0 spiro atoms. The zero-order chi connectivity index (χ0) is 12.3. The lowest BCUT2D eigenvalue weighted by atomic mass is 9.89. The van der Waals surface area contributed by atoms with Gasteiger partial charge in [0.1, 0.15) is 5.75 Å². The summed E-state index contributed by atoms with van der Waals surface area (Å²) in [4.78, 5) is 12.9. The SMILES string of the molecule is NC(=O)CN1CCC(c2ccc(O)cc2)CC1. The maximum atomic E-state index is 10.8. The fourth-order valence-electron chi connectivity index (χ4n) is 2.39. The normalized spacial score (nSPS) is 18.1. The molecule has 1 aromatic rings. The lowest BCUT2D eigenvalue weighted by Gasteiger charge is -2.31. The van der Waals surface area contributed by atoms with E-state index in [1.165, 1.54) is 5.56 Å². The van der Waals surface area contributed by atoms with E-state index in [1.54, 1.807) is 12.1 Å². The first-order chi connectivity index (χ1) is 8.15. The van der Waals surface area contributed by atoms with Crippen molar-refractivity contribution in [1.82, 2.24) is 4.90 Å². The van der Waals surface area contributed by atoms with Gasteiger partial charge in [-0.15, -0.1) is 0 Å². The molecule has 2 rings (SSSR count). The van der Waals surface area contributed by atoms with Crippen LogP contribution in [0.1, 0.15) is 24.3 Å². The van der Waals surface area contributed by atoms with E-state index in [9.17, 15) is 9.90 Å². The highest BCUT2D eigenvalue weighted by Gasteiger charge is 2.21. The van der Waals surface area contributed by atoms with Crippen LogP contribution < -0.4 is 5.73 Å². The Morgan fingerprint density at radius 2 is 1.88 bits per heavy atom. The van der Waals surface area contributed by atoms with Crippen molar-refractivity contribution >= 4 is 5.91 Å². The Morgan fingerprint density at radius 1 is 1.29 bits per heavy atom. The van der Waals surface area contributed by atoms with Crippen LogP contribution in [0.3, 0.4) is 0 Å². The number of amides is 1. The lowest BCUT2D eigenvalue weighted by Crippen LogP contribution is -2.39. The van der Waals surface area contributed by atoms with Gasteiger partial charge in [0, 0.05) is 0 Å². The summed E-state index contributed by atoms with van der Waals surface area (Å²) in [6.07, 6.45) is 2.08. The van der Waals surface area contributed by atoms with Crippen LogP contribution in [-0.4, -0.2) is 35.5 Å². The summed E-state index contributed by atoms with van der Waals surface area (Å²) in [5.41, 5.74) is 6.44. The van der Waals surface area contributed by atoms with Crippen LogP contribution in [0.15, 0.2) is 24.3 Å². The lowest BCUT2D eigenvalue weighted by molar-refractivity contribution is -0.119. The number of hydrogen-bond donors (Lipinski definition) is 2. The second-order valence-electron chi connectivity index (χ2n) is 4.61. The van der Waals surface area contributed by atoms with Crippen LogP contribution in [0, 0.1) is 0 Å². The Hall–Kier alpha value is -1.55. The van der Waals surface area contributed by atoms with Gasteiger partial charge < -0.3 is 10.8 Å². The largest absolute Gasteiger partial charge is 0.508 e. The topological polar surface area (TPSA) is 66.6 Å². The Labute approximate surface area is 101 Å². The van der Waals surface area contributed by atoms with Crippen molar-refractivity contribution in [3.63, 3.8) is 0 Å².